The van der Waals surface area contributed by atoms with E-state index in [9.17, 15) is 4.79 Å². The van der Waals surface area contributed by atoms with Crippen LogP contribution in [0.2, 0.25) is 0 Å². The molecule has 3 N–H and O–H groups in total. The van der Waals surface area contributed by atoms with E-state index < -0.39 is 0 Å². The molecule has 4 heteroatoms. The van der Waals surface area contributed by atoms with E-state index in [4.69, 9.17) is 10.5 Å². The third kappa shape index (κ3) is 9.48. The van der Waals surface area contributed by atoms with Gasteiger partial charge in [-0.2, -0.15) is 0 Å². The average Bonchev–Trinajstić information content (AvgIpc) is 1.94. The minimum Gasteiger partial charge on any atom is -0.366 e. The Hall–Kier alpha value is -0.610. The molecule has 0 spiro atoms. The molecule has 1 amide bonds. The van der Waals surface area contributed by atoms with Gasteiger partial charge >= 0.3 is 0 Å². The Morgan fingerprint density at radius 1 is 1.29 bits per heavy atom. The number of amides is 1. The molecule has 4 nitrogen and oxygen atoms in total. The molecular formula is C10H22N2O2. The van der Waals surface area contributed by atoms with Crippen LogP contribution in [0.4, 0.5) is 0 Å². The fourth-order valence-electron chi connectivity index (χ4n) is 0.659. The van der Waals surface area contributed by atoms with Crippen molar-refractivity contribution in [3.63, 3.8) is 0 Å². The van der Waals surface area contributed by atoms with E-state index in [1.165, 1.54) is 0 Å². The Morgan fingerprint density at radius 3 is 2.14 bits per heavy atom. The Kier molecular flexibility index (Phi) is 4.55. The quantitative estimate of drug-likeness (QED) is 0.703. The third-order valence-corrected chi connectivity index (χ3v) is 1.38. The molecule has 0 heterocycles. The lowest BCUT2D eigenvalue weighted by Crippen LogP contribution is -2.46. The zero-order chi connectivity index (χ0) is 11.4. The summed E-state index contributed by atoms with van der Waals surface area (Å²) in [6.07, 6.45) is 0. The number of hydrogen-bond donors (Lipinski definition) is 2. The number of carbonyl (C=O) groups excluding carboxylic acids is 1. The van der Waals surface area contributed by atoms with Crippen LogP contribution in [0.5, 0.6) is 0 Å². The first-order valence-electron chi connectivity index (χ1n) is 4.80. The lowest BCUT2D eigenvalue weighted by Gasteiger charge is -2.21. The molecule has 0 aromatic carbocycles. The maximum Gasteiger partial charge on any atom is 0.246 e. The van der Waals surface area contributed by atoms with Crippen molar-refractivity contribution in [2.24, 2.45) is 5.73 Å². The summed E-state index contributed by atoms with van der Waals surface area (Å²) in [4.78, 5) is 11.2. The van der Waals surface area contributed by atoms with Gasteiger partial charge in [0.1, 0.15) is 6.61 Å². The minimum atomic E-state index is -0.378. The van der Waals surface area contributed by atoms with Gasteiger partial charge in [0.05, 0.1) is 5.60 Å². The van der Waals surface area contributed by atoms with Crippen molar-refractivity contribution in [1.82, 2.24) is 5.32 Å². The van der Waals surface area contributed by atoms with Gasteiger partial charge in [0.2, 0.25) is 5.91 Å². The van der Waals surface area contributed by atoms with Crippen LogP contribution in [0.3, 0.4) is 0 Å². The maximum atomic E-state index is 11.2. The fraction of sp³-hybridized carbons (Fsp3) is 0.900. The zero-order valence-corrected chi connectivity index (χ0v) is 9.81. The molecule has 0 bridgehead atoms. The molecule has 84 valence electrons. The number of hydrogen-bond acceptors (Lipinski definition) is 3. The summed E-state index contributed by atoms with van der Waals surface area (Å²) < 4.78 is 5.30. The lowest BCUT2D eigenvalue weighted by atomic mass is 10.1. The second-order valence-electron chi connectivity index (χ2n) is 5.17. The Balaban J connectivity index is 3.68. The first kappa shape index (κ1) is 13.4. The number of ether oxygens (including phenoxy) is 1. The van der Waals surface area contributed by atoms with E-state index in [1.54, 1.807) is 0 Å². The summed E-state index contributed by atoms with van der Waals surface area (Å²) in [5, 5.41) is 2.71. The summed E-state index contributed by atoms with van der Waals surface area (Å²) in [7, 11) is 0. The van der Waals surface area contributed by atoms with E-state index in [1.807, 2.05) is 34.6 Å². The molecule has 0 aliphatic carbocycles. The Labute approximate surface area is 86.2 Å². The van der Waals surface area contributed by atoms with Gasteiger partial charge in [-0.15, -0.1) is 0 Å². The molecule has 14 heavy (non-hydrogen) atoms. The Bertz CT molecular complexity index is 169. The topological polar surface area (TPSA) is 64.3 Å². The second-order valence-corrected chi connectivity index (χ2v) is 5.17. The van der Waals surface area contributed by atoms with Gasteiger partial charge in [0.25, 0.3) is 0 Å². The first-order chi connectivity index (χ1) is 6.10. The molecule has 0 saturated heterocycles. The van der Waals surface area contributed by atoms with Crippen LogP contribution in [0.1, 0.15) is 34.6 Å². The SMILES string of the molecule is CC(C)(N)CNC(=O)COC(C)(C)C. The normalized spacial score (nSPS) is 12.7. The van der Waals surface area contributed by atoms with Crippen LogP contribution in [0.25, 0.3) is 0 Å². The lowest BCUT2D eigenvalue weighted by molar-refractivity contribution is -0.130. The van der Waals surface area contributed by atoms with E-state index in [-0.39, 0.29) is 23.7 Å². The van der Waals surface area contributed by atoms with Gasteiger partial charge in [-0.25, -0.2) is 0 Å². The van der Waals surface area contributed by atoms with Gasteiger partial charge < -0.3 is 15.8 Å². The molecule has 0 aliphatic rings. The van der Waals surface area contributed by atoms with Crippen molar-refractivity contribution in [2.75, 3.05) is 13.2 Å². The fourth-order valence-corrected chi connectivity index (χ4v) is 0.659. The highest BCUT2D eigenvalue weighted by molar-refractivity contribution is 5.77. The summed E-state index contributed by atoms with van der Waals surface area (Å²) in [5.41, 5.74) is 5.05. The number of nitrogens with one attached hydrogen (secondary N) is 1. The van der Waals surface area contributed by atoms with Crippen LogP contribution >= 0.6 is 0 Å². The van der Waals surface area contributed by atoms with Crippen molar-refractivity contribution in [3.05, 3.63) is 0 Å². The summed E-state index contributed by atoms with van der Waals surface area (Å²) in [6, 6.07) is 0. The van der Waals surface area contributed by atoms with Crippen molar-refractivity contribution in [1.29, 1.82) is 0 Å². The summed E-state index contributed by atoms with van der Waals surface area (Å²) in [6.45, 7) is 9.99. The molecule has 0 aromatic heterocycles. The monoisotopic (exact) mass is 202 g/mol. The molecule has 0 unspecified atom stereocenters. The van der Waals surface area contributed by atoms with Crippen LogP contribution in [-0.2, 0) is 9.53 Å². The predicted molar refractivity (Wildman–Crippen MR) is 57.0 cm³/mol. The largest absolute Gasteiger partial charge is 0.366 e. The van der Waals surface area contributed by atoms with Gasteiger partial charge in [-0.05, 0) is 34.6 Å². The van der Waals surface area contributed by atoms with E-state index in [2.05, 4.69) is 5.32 Å². The van der Waals surface area contributed by atoms with Crippen LogP contribution in [0, 0.1) is 0 Å². The number of rotatable bonds is 4. The van der Waals surface area contributed by atoms with Crippen molar-refractivity contribution < 1.29 is 9.53 Å². The summed E-state index contributed by atoms with van der Waals surface area (Å²) in [5.74, 6) is -0.126. The molecule has 0 radical (unpaired) electrons. The molecule has 0 aliphatic heterocycles. The third-order valence-electron chi connectivity index (χ3n) is 1.38. The first-order valence-corrected chi connectivity index (χ1v) is 4.80. The van der Waals surface area contributed by atoms with E-state index in [0.29, 0.717) is 6.54 Å². The smallest absolute Gasteiger partial charge is 0.246 e. The molecule has 0 rings (SSSR count). The van der Waals surface area contributed by atoms with Gasteiger partial charge in [-0.3, -0.25) is 4.79 Å². The van der Waals surface area contributed by atoms with Crippen molar-refractivity contribution >= 4 is 5.91 Å². The van der Waals surface area contributed by atoms with Crippen LogP contribution < -0.4 is 11.1 Å². The van der Waals surface area contributed by atoms with E-state index >= 15 is 0 Å². The number of carbonyl (C=O) groups is 1. The molecule has 0 aromatic rings. The molecule has 0 saturated carbocycles. The molecular weight excluding hydrogens is 180 g/mol. The van der Waals surface area contributed by atoms with E-state index in [0.717, 1.165) is 0 Å². The van der Waals surface area contributed by atoms with Gasteiger partial charge in [0.15, 0.2) is 0 Å². The Morgan fingerprint density at radius 2 is 1.79 bits per heavy atom. The summed E-state index contributed by atoms with van der Waals surface area (Å²) >= 11 is 0. The highest BCUT2D eigenvalue weighted by Crippen LogP contribution is 2.05. The van der Waals surface area contributed by atoms with Crippen LogP contribution in [-0.4, -0.2) is 30.2 Å². The highest BCUT2D eigenvalue weighted by atomic mass is 16.5. The highest BCUT2D eigenvalue weighted by Gasteiger charge is 2.15. The molecule has 0 fully saturated rings. The van der Waals surface area contributed by atoms with Crippen molar-refractivity contribution in [2.45, 2.75) is 45.8 Å². The second kappa shape index (κ2) is 4.75. The van der Waals surface area contributed by atoms with Crippen LogP contribution in [0.15, 0.2) is 0 Å². The number of nitrogens with two attached hydrogens (primary N) is 1. The minimum absolute atomic E-state index is 0.0829. The predicted octanol–water partition coefficient (Wildman–Crippen LogP) is 0.655. The van der Waals surface area contributed by atoms with Gasteiger partial charge in [-0.1, -0.05) is 0 Å². The standard InChI is InChI=1S/C10H22N2O2/c1-9(2,3)14-6-8(13)12-7-10(4,5)11/h6-7,11H2,1-5H3,(H,12,13). The maximum absolute atomic E-state index is 11.2. The van der Waals surface area contributed by atoms with Gasteiger partial charge in [0, 0.05) is 12.1 Å². The zero-order valence-electron chi connectivity index (χ0n) is 9.81. The average molecular weight is 202 g/mol. The molecule has 0 atom stereocenters. The van der Waals surface area contributed by atoms with Crippen molar-refractivity contribution in [3.8, 4) is 0 Å².